The van der Waals surface area contributed by atoms with E-state index in [0.29, 0.717) is 19.8 Å². The fraction of sp³-hybridized carbons (Fsp3) is 0.769. The number of urea groups is 1. The van der Waals surface area contributed by atoms with E-state index in [2.05, 4.69) is 10.6 Å². The van der Waals surface area contributed by atoms with E-state index in [0.717, 1.165) is 0 Å². The Morgan fingerprint density at radius 1 is 1.10 bits per heavy atom. The molecule has 8 heteroatoms. The smallest absolute Gasteiger partial charge is 0.321 e. The van der Waals surface area contributed by atoms with Crippen LogP contribution in [-0.2, 0) is 19.1 Å². The number of carboxylic acid groups (broad SMARTS) is 1. The normalized spacial score (nSPS) is 11.0. The Balaban J connectivity index is 3.84. The third-order valence-electron chi connectivity index (χ3n) is 2.49. The molecule has 0 saturated heterocycles. The first-order valence-electron chi connectivity index (χ1n) is 6.63. The van der Waals surface area contributed by atoms with Gasteiger partial charge in [0.1, 0.15) is 0 Å². The molecule has 0 saturated carbocycles. The van der Waals surface area contributed by atoms with Gasteiger partial charge in [0.05, 0.1) is 26.2 Å². The van der Waals surface area contributed by atoms with Crippen molar-refractivity contribution in [1.82, 2.24) is 10.6 Å². The predicted molar refractivity (Wildman–Crippen MR) is 74.9 cm³/mol. The molecule has 0 heterocycles. The summed E-state index contributed by atoms with van der Waals surface area (Å²) in [5, 5.41) is 13.3. The number of hydrogen-bond acceptors (Lipinski definition) is 5. The maximum atomic E-state index is 11.6. The molecule has 0 aliphatic heterocycles. The number of hydrogen-bond donors (Lipinski definition) is 3. The third-order valence-corrected chi connectivity index (χ3v) is 2.49. The minimum absolute atomic E-state index is 0.0446. The van der Waals surface area contributed by atoms with E-state index in [9.17, 15) is 14.4 Å². The molecule has 0 atom stereocenters. The van der Waals surface area contributed by atoms with Gasteiger partial charge in [-0.3, -0.25) is 14.9 Å². The molecule has 0 fully saturated rings. The first-order valence-corrected chi connectivity index (χ1v) is 6.63. The molecule has 0 aromatic rings. The number of amides is 3. The molecular formula is C13H24N2O6. The Labute approximate surface area is 124 Å². The van der Waals surface area contributed by atoms with Gasteiger partial charge in [-0.2, -0.15) is 0 Å². The number of aliphatic carboxylic acids is 1. The van der Waals surface area contributed by atoms with E-state index >= 15 is 0 Å². The van der Waals surface area contributed by atoms with Gasteiger partial charge in [0.25, 0.3) is 0 Å². The van der Waals surface area contributed by atoms with Crippen LogP contribution in [0.1, 0.15) is 26.7 Å². The first kappa shape index (κ1) is 19.3. The van der Waals surface area contributed by atoms with Gasteiger partial charge in [-0.1, -0.05) is 13.8 Å². The summed E-state index contributed by atoms with van der Waals surface area (Å²) in [6, 6.07) is -0.624. The highest BCUT2D eigenvalue weighted by atomic mass is 16.5. The fourth-order valence-corrected chi connectivity index (χ4v) is 1.60. The summed E-state index contributed by atoms with van der Waals surface area (Å²) in [6.45, 7) is 4.80. The van der Waals surface area contributed by atoms with Crippen molar-refractivity contribution in [3.63, 3.8) is 0 Å². The van der Waals surface area contributed by atoms with Gasteiger partial charge in [-0.15, -0.1) is 0 Å². The molecular weight excluding hydrogens is 280 g/mol. The molecule has 3 amide bonds. The summed E-state index contributed by atoms with van der Waals surface area (Å²) in [5.41, 5.74) is -0.709. The zero-order chi connectivity index (χ0) is 16.3. The van der Waals surface area contributed by atoms with Crippen LogP contribution in [0.25, 0.3) is 0 Å². The molecule has 0 radical (unpaired) electrons. The van der Waals surface area contributed by atoms with Crippen LogP contribution in [0, 0.1) is 5.41 Å². The molecule has 0 aliphatic rings. The Hall–Kier alpha value is -1.67. The van der Waals surface area contributed by atoms with E-state index in [1.165, 1.54) is 0 Å². The van der Waals surface area contributed by atoms with E-state index in [1.807, 2.05) is 0 Å². The Morgan fingerprint density at radius 2 is 1.76 bits per heavy atom. The van der Waals surface area contributed by atoms with Gasteiger partial charge >= 0.3 is 12.0 Å². The second-order valence-electron chi connectivity index (χ2n) is 5.32. The molecule has 0 spiro atoms. The Bertz CT molecular complexity index is 357. The van der Waals surface area contributed by atoms with E-state index in [1.54, 1.807) is 21.0 Å². The van der Waals surface area contributed by atoms with Crippen LogP contribution in [0.2, 0.25) is 0 Å². The topological polar surface area (TPSA) is 114 Å². The number of rotatable bonds is 10. The number of ether oxygens (including phenoxy) is 2. The largest absolute Gasteiger partial charge is 0.481 e. The minimum Gasteiger partial charge on any atom is -0.481 e. The van der Waals surface area contributed by atoms with Crippen LogP contribution in [-0.4, -0.2) is 56.5 Å². The highest BCUT2D eigenvalue weighted by molar-refractivity contribution is 5.94. The fourth-order valence-electron chi connectivity index (χ4n) is 1.60. The zero-order valence-electron chi connectivity index (χ0n) is 12.7. The molecule has 0 bridgehead atoms. The number of carbonyl (C=O) groups excluding carboxylic acids is 2. The van der Waals surface area contributed by atoms with Crippen molar-refractivity contribution >= 4 is 17.9 Å². The minimum atomic E-state index is -0.981. The van der Waals surface area contributed by atoms with Crippen LogP contribution >= 0.6 is 0 Å². The lowest BCUT2D eigenvalue weighted by Crippen LogP contribution is -2.42. The predicted octanol–water partition coefficient (Wildman–Crippen LogP) is 0.366. The van der Waals surface area contributed by atoms with Gasteiger partial charge in [0.2, 0.25) is 5.91 Å². The van der Waals surface area contributed by atoms with Crippen LogP contribution in [0.4, 0.5) is 4.79 Å². The standard InChI is InChI=1S/C13H24N2O6/c1-13(2,9-11(17)18)8-10(16)15-12(19)14-4-5-21-7-6-20-3/h4-9H2,1-3H3,(H,17,18)(H2,14,15,16,19). The van der Waals surface area contributed by atoms with Crippen molar-refractivity contribution in [3.05, 3.63) is 0 Å². The number of nitrogens with one attached hydrogen (secondary N) is 2. The molecule has 0 aromatic heterocycles. The monoisotopic (exact) mass is 304 g/mol. The van der Waals surface area contributed by atoms with Gasteiger partial charge < -0.3 is 19.9 Å². The second-order valence-corrected chi connectivity index (χ2v) is 5.32. The first-order chi connectivity index (χ1) is 9.76. The van der Waals surface area contributed by atoms with Crippen molar-refractivity contribution in [3.8, 4) is 0 Å². The lowest BCUT2D eigenvalue weighted by molar-refractivity contribution is -0.139. The quantitative estimate of drug-likeness (QED) is 0.502. The zero-order valence-corrected chi connectivity index (χ0v) is 12.7. The van der Waals surface area contributed by atoms with Gasteiger partial charge in [-0.25, -0.2) is 4.79 Å². The lowest BCUT2D eigenvalue weighted by atomic mass is 9.85. The molecule has 0 aliphatic carbocycles. The summed E-state index contributed by atoms with van der Waals surface area (Å²) < 4.78 is 9.92. The maximum absolute atomic E-state index is 11.6. The van der Waals surface area contributed by atoms with Crippen LogP contribution < -0.4 is 10.6 Å². The second kappa shape index (κ2) is 10.1. The van der Waals surface area contributed by atoms with Crippen LogP contribution in [0.5, 0.6) is 0 Å². The molecule has 21 heavy (non-hydrogen) atoms. The lowest BCUT2D eigenvalue weighted by Gasteiger charge is -2.21. The SMILES string of the molecule is COCCOCCNC(=O)NC(=O)CC(C)(C)CC(=O)O. The van der Waals surface area contributed by atoms with Gasteiger partial charge in [0, 0.05) is 20.1 Å². The highest BCUT2D eigenvalue weighted by Crippen LogP contribution is 2.24. The van der Waals surface area contributed by atoms with Crippen molar-refractivity contribution < 1.29 is 29.0 Å². The van der Waals surface area contributed by atoms with Crippen molar-refractivity contribution in [1.29, 1.82) is 0 Å². The summed E-state index contributed by atoms with van der Waals surface area (Å²) in [7, 11) is 1.56. The summed E-state index contributed by atoms with van der Waals surface area (Å²) in [4.78, 5) is 33.7. The van der Waals surface area contributed by atoms with E-state index in [4.69, 9.17) is 14.6 Å². The number of carboxylic acids is 1. The highest BCUT2D eigenvalue weighted by Gasteiger charge is 2.25. The number of imide groups is 1. The number of methoxy groups -OCH3 is 1. The van der Waals surface area contributed by atoms with Crippen LogP contribution in [0.3, 0.4) is 0 Å². The average molecular weight is 304 g/mol. The molecule has 0 rings (SSSR count). The average Bonchev–Trinajstić information content (AvgIpc) is 2.30. The van der Waals surface area contributed by atoms with E-state index < -0.39 is 23.3 Å². The maximum Gasteiger partial charge on any atom is 0.321 e. The van der Waals surface area contributed by atoms with Crippen molar-refractivity contribution in [2.75, 3.05) is 33.5 Å². The van der Waals surface area contributed by atoms with Gasteiger partial charge in [0.15, 0.2) is 0 Å². The Morgan fingerprint density at radius 3 is 2.33 bits per heavy atom. The van der Waals surface area contributed by atoms with Crippen molar-refractivity contribution in [2.45, 2.75) is 26.7 Å². The van der Waals surface area contributed by atoms with Gasteiger partial charge in [-0.05, 0) is 5.41 Å². The molecule has 0 unspecified atom stereocenters. The van der Waals surface area contributed by atoms with Crippen molar-refractivity contribution in [2.24, 2.45) is 5.41 Å². The molecule has 122 valence electrons. The number of carbonyl (C=O) groups is 3. The summed E-state index contributed by atoms with van der Waals surface area (Å²) >= 11 is 0. The summed E-state index contributed by atoms with van der Waals surface area (Å²) in [6.07, 6.45) is -0.188. The molecule has 8 nitrogen and oxygen atoms in total. The summed E-state index contributed by atoms with van der Waals surface area (Å²) in [5.74, 6) is -1.50. The van der Waals surface area contributed by atoms with E-state index in [-0.39, 0.29) is 19.4 Å². The van der Waals surface area contributed by atoms with Crippen LogP contribution in [0.15, 0.2) is 0 Å². The Kier molecular flexibility index (Phi) is 9.31. The molecule has 3 N–H and O–H groups in total. The third kappa shape index (κ3) is 11.8. The molecule has 0 aromatic carbocycles.